The van der Waals surface area contributed by atoms with Gasteiger partial charge in [0.1, 0.15) is 0 Å². The number of hydrogen-bond acceptors (Lipinski definition) is 1. The smallest absolute Gasteiger partial charge is 0.0299 e. The normalized spacial score (nSPS) is 12.8. The molecule has 13 heavy (non-hydrogen) atoms. The van der Waals surface area contributed by atoms with E-state index >= 15 is 0 Å². The van der Waals surface area contributed by atoms with Crippen molar-refractivity contribution < 1.29 is 0 Å². The van der Waals surface area contributed by atoms with Gasteiger partial charge in [-0.1, -0.05) is 20.3 Å². The van der Waals surface area contributed by atoms with Crippen molar-refractivity contribution in [3.63, 3.8) is 0 Å². The van der Waals surface area contributed by atoms with Gasteiger partial charge in [-0.25, -0.2) is 0 Å². The third kappa shape index (κ3) is 2.55. The maximum atomic E-state index is 4.12. The summed E-state index contributed by atoms with van der Waals surface area (Å²) in [6.07, 6.45) is 7.66. The molecule has 1 aromatic rings. The van der Waals surface area contributed by atoms with E-state index < -0.39 is 0 Å². The van der Waals surface area contributed by atoms with Crippen LogP contribution in [-0.2, 0) is 0 Å². The van der Waals surface area contributed by atoms with Crippen LogP contribution in [-0.4, -0.2) is 4.98 Å². The average Bonchev–Trinajstić information content (AvgIpc) is 2.16. The van der Waals surface area contributed by atoms with Crippen molar-refractivity contribution in [2.45, 2.75) is 46.0 Å². The molecule has 1 unspecified atom stereocenters. The second-order valence-corrected chi connectivity index (χ2v) is 3.63. The zero-order chi connectivity index (χ0) is 9.68. The molecule has 72 valence electrons. The lowest BCUT2D eigenvalue weighted by molar-refractivity contribution is 0.592. The van der Waals surface area contributed by atoms with Gasteiger partial charge in [0, 0.05) is 12.4 Å². The van der Waals surface area contributed by atoms with Crippen molar-refractivity contribution in [1.29, 1.82) is 0 Å². The summed E-state index contributed by atoms with van der Waals surface area (Å²) in [6.45, 7) is 6.67. The molecular weight excluding hydrogens is 158 g/mol. The van der Waals surface area contributed by atoms with Gasteiger partial charge in [0.2, 0.25) is 0 Å². The van der Waals surface area contributed by atoms with E-state index in [-0.39, 0.29) is 0 Å². The molecule has 0 N–H and O–H groups in total. The molecule has 0 amide bonds. The topological polar surface area (TPSA) is 12.9 Å². The van der Waals surface area contributed by atoms with Gasteiger partial charge >= 0.3 is 0 Å². The number of nitrogens with zero attached hydrogens (tertiary/aromatic N) is 1. The highest BCUT2D eigenvalue weighted by molar-refractivity contribution is 5.25. The van der Waals surface area contributed by atoms with E-state index in [1.807, 2.05) is 12.4 Å². The Balaban J connectivity index is 2.84. The largest absolute Gasteiger partial charge is 0.264 e. The summed E-state index contributed by atoms with van der Waals surface area (Å²) in [4.78, 5) is 4.12. The number of hydrogen-bond donors (Lipinski definition) is 0. The minimum atomic E-state index is 0.730. The molecule has 1 nitrogen and oxygen atoms in total. The molecule has 1 heteroatoms. The fourth-order valence-corrected chi connectivity index (χ4v) is 1.87. The van der Waals surface area contributed by atoms with Gasteiger partial charge in [0.15, 0.2) is 0 Å². The quantitative estimate of drug-likeness (QED) is 0.683. The molecule has 0 saturated heterocycles. The van der Waals surface area contributed by atoms with E-state index in [0.717, 1.165) is 5.92 Å². The summed E-state index contributed by atoms with van der Waals surface area (Å²) in [7, 11) is 0. The first-order valence-corrected chi connectivity index (χ1v) is 5.20. The Labute approximate surface area is 81.2 Å². The first-order chi connectivity index (χ1) is 6.29. The Morgan fingerprint density at radius 3 is 2.69 bits per heavy atom. The minimum Gasteiger partial charge on any atom is -0.264 e. The second kappa shape index (κ2) is 5.00. The number of aromatic nitrogens is 1. The lowest BCUT2D eigenvalue weighted by Gasteiger charge is -2.16. The van der Waals surface area contributed by atoms with Crippen molar-refractivity contribution in [3.05, 3.63) is 29.6 Å². The molecule has 1 aromatic heterocycles. The van der Waals surface area contributed by atoms with Crippen LogP contribution >= 0.6 is 0 Å². The van der Waals surface area contributed by atoms with Gasteiger partial charge in [-0.15, -0.1) is 0 Å². The molecule has 0 aliphatic heterocycles. The molecule has 0 aromatic carbocycles. The standard InChI is InChI=1S/C12H19N/c1-4-6-11(5-2)12-7-8-13-9-10(12)3/h7-9,11H,4-6H2,1-3H3. The van der Waals surface area contributed by atoms with E-state index in [4.69, 9.17) is 0 Å². The SMILES string of the molecule is CCCC(CC)c1ccncc1C. The van der Waals surface area contributed by atoms with E-state index in [9.17, 15) is 0 Å². The van der Waals surface area contributed by atoms with Crippen LogP contribution in [0, 0.1) is 6.92 Å². The van der Waals surface area contributed by atoms with Gasteiger partial charge in [0.25, 0.3) is 0 Å². The van der Waals surface area contributed by atoms with Crippen molar-refractivity contribution in [2.75, 3.05) is 0 Å². The van der Waals surface area contributed by atoms with Crippen LogP contribution in [0.4, 0.5) is 0 Å². The highest BCUT2D eigenvalue weighted by Gasteiger charge is 2.09. The zero-order valence-electron chi connectivity index (χ0n) is 8.88. The van der Waals surface area contributed by atoms with E-state index in [1.54, 1.807) is 0 Å². The molecule has 0 aliphatic carbocycles. The second-order valence-electron chi connectivity index (χ2n) is 3.63. The lowest BCUT2D eigenvalue weighted by Crippen LogP contribution is -1.99. The van der Waals surface area contributed by atoms with Crippen LogP contribution < -0.4 is 0 Å². The van der Waals surface area contributed by atoms with Gasteiger partial charge in [-0.05, 0) is 42.9 Å². The number of pyridine rings is 1. The molecule has 1 rings (SSSR count). The fraction of sp³-hybridized carbons (Fsp3) is 0.583. The van der Waals surface area contributed by atoms with Crippen molar-refractivity contribution in [3.8, 4) is 0 Å². The van der Waals surface area contributed by atoms with Crippen LogP contribution in [0.15, 0.2) is 18.5 Å². The van der Waals surface area contributed by atoms with Crippen molar-refractivity contribution >= 4 is 0 Å². The van der Waals surface area contributed by atoms with Crippen LogP contribution in [0.25, 0.3) is 0 Å². The van der Waals surface area contributed by atoms with Crippen molar-refractivity contribution in [2.24, 2.45) is 0 Å². The average molecular weight is 177 g/mol. The third-order valence-corrected chi connectivity index (χ3v) is 2.63. The summed E-state index contributed by atoms with van der Waals surface area (Å²) in [5.41, 5.74) is 2.82. The first-order valence-electron chi connectivity index (χ1n) is 5.20. The van der Waals surface area contributed by atoms with E-state index in [0.29, 0.717) is 0 Å². The van der Waals surface area contributed by atoms with Gasteiger partial charge in [-0.3, -0.25) is 4.98 Å². The molecule has 0 fully saturated rings. The number of rotatable bonds is 4. The summed E-state index contributed by atoms with van der Waals surface area (Å²) < 4.78 is 0. The number of aryl methyl sites for hydroxylation is 1. The Kier molecular flexibility index (Phi) is 3.94. The van der Waals surface area contributed by atoms with Crippen molar-refractivity contribution in [1.82, 2.24) is 4.98 Å². The predicted octanol–water partition coefficient (Wildman–Crippen LogP) is 3.68. The molecule has 0 spiro atoms. The maximum absolute atomic E-state index is 4.12. The third-order valence-electron chi connectivity index (χ3n) is 2.63. The highest BCUT2D eigenvalue weighted by atomic mass is 14.6. The molecular formula is C12H19N. The van der Waals surface area contributed by atoms with E-state index in [2.05, 4.69) is 31.8 Å². The predicted molar refractivity (Wildman–Crippen MR) is 56.9 cm³/mol. The van der Waals surface area contributed by atoms with Gasteiger partial charge in [-0.2, -0.15) is 0 Å². The lowest BCUT2D eigenvalue weighted by atomic mass is 9.90. The maximum Gasteiger partial charge on any atom is 0.0299 e. The molecule has 1 atom stereocenters. The molecule has 0 saturated carbocycles. The summed E-state index contributed by atoms with van der Waals surface area (Å²) >= 11 is 0. The van der Waals surface area contributed by atoms with Crippen LogP contribution in [0.1, 0.15) is 50.2 Å². The van der Waals surface area contributed by atoms with Gasteiger partial charge < -0.3 is 0 Å². The molecule has 0 radical (unpaired) electrons. The molecule has 1 heterocycles. The van der Waals surface area contributed by atoms with E-state index in [1.165, 1.54) is 30.4 Å². The molecule has 0 aliphatic rings. The highest BCUT2D eigenvalue weighted by Crippen LogP contribution is 2.26. The summed E-state index contributed by atoms with van der Waals surface area (Å²) in [5, 5.41) is 0. The summed E-state index contributed by atoms with van der Waals surface area (Å²) in [5.74, 6) is 0.730. The Bertz CT molecular complexity index is 255. The summed E-state index contributed by atoms with van der Waals surface area (Å²) in [6, 6.07) is 2.17. The van der Waals surface area contributed by atoms with Crippen LogP contribution in [0.2, 0.25) is 0 Å². The van der Waals surface area contributed by atoms with Crippen LogP contribution in [0.3, 0.4) is 0 Å². The molecule has 0 bridgehead atoms. The van der Waals surface area contributed by atoms with Gasteiger partial charge in [0.05, 0.1) is 0 Å². The Morgan fingerprint density at radius 1 is 1.38 bits per heavy atom. The zero-order valence-corrected chi connectivity index (χ0v) is 8.88. The Hall–Kier alpha value is -0.850. The monoisotopic (exact) mass is 177 g/mol. The first kappa shape index (κ1) is 10.2. The Morgan fingerprint density at radius 2 is 2.15 bits per heavy atom. The fourth-order valence-electron chi connectivity index (χ4n) is 1.87. The minimum absolute atomic E-state index is 0.730. The van der Waals surface area contributed by atoms with Crippen LogP contribution in [0.5, 0.6) is 0 Å².